The molecule has 7 rings (SSSR count). The van der Waals surface area contributed by atoms with E-state index >= 15 is 0 Å². The zero-order valence-corrected chi connectivity index (χ0v) is 21.3. The second-order valence-electron chi connectivity index (χ2n) is 8.98. The van der Waals surface area contributed by atoms with Crippen LogP contribution in [0.5, 0.6) is 0 Å². The monoisotopic (exact) mass is 548 g/mol. The van der Waals surface area contributed by atoms with Crippen molar-refractivity contribution in [1.82, 2.24) is 9.38 Å². The molecule has 0 radical (unpaired) electrons. The van der Waals surface area contributed by atoms with E-state index in [9.17, 15) is 4.79 Å². The second kappa shape index (κ2) is 9.03. The van der Waals surface area contributed by atoms with Crippen LogP contribution in [0.3, 0.4) is 0 Å². The molecule has 0 fully saturated rings. The number of rotatable bonds is 4. The van der Waals surface area contributed by atoms with Gasteiger partial charge in [-0.3, -0.25) is 14.2 Å². The Morgan fingerprint density at radius 1 is 0.892 bits per heavy atom. The van der Waals surface area contributed by atoms with Crippen LogP contribution in [0.2, 0.25) is 0 Å². The van der Waals surface area contributed by atoms with E-state index in [1.807, 2.05) is 102 Å². The fraction of sp³-hybridized carbons (Fsp3) is 0.0667. The summed E-state index contributed by atoms with van der Waals surface area (Å²) in [5.41, 5.74) is 4.04. The number of hydrogen-bond donors (Lipinski definition) is 1. The number of aromatic nitrogens is 3. The van der Waals surface area contributed by atoms with Crippen molar-refractivity contribution < 1.29 is 26.7 Å². The molecule has 37 heavy (non-hydrogen) atoms. The molecule has 3 aromatic heterocycles. The minimum Gasteiger partial charge on any atom is -1.00 e. The van der Waals surface area contributed by atoms with Crippen molar-refractivity contribution in [3.05, 3.63) is 107 Å². The Hall–Kier alpha value is -4.20. The summed E-state index contributed by atoms with van der Waals surface area (Å²) in [5, 5.41) is 14.6. The van der Waals surface area contributed by atoms with Crippen LogP contribution in [0.1, 0.15) is 5.56 Å². The molecule has 1 N–H and O–H groups in total. The van der Waals surface area contributed by atoms with E-state index in [0.29, 0.717) is 17.6 Å². The normalized spacial score (nSPS) is 11.9. The van der Waals surface area contributed by atoms with Crippen molar-refractivity contribution in [2.45, 2.75) is 6.54 Å². The van der Waals surface area contributed by atoms with E-state index in [4.69, 9.17) is 15.1 Å². The summed E-state index contributed by atoms with van der Waals surface area (Å²) < 4.78 is 3.67. The third kappa shape index (κ3) is 3.66. The summed E-state index contributed by atoms with van der Waals surface area (Å²) in [5.74, 6) is 0. The van der Waals surface area contributed by atoms with Crippen molar-refractivity contribution in [2.24, 2.45) is 4.99 Å². The van der Waals surface area contributed by atoms with Crippen LogP contribution in [-0.4, -0.2) is 27.3 Å². The number of fused-ring (bicyclic) bond motifs is 3. The maximum absolute atomic E-state index is 13.8. The van der Waals surface area contributed by atoms with Crippen LogP contribution in [0.4, 0.5) is 5.69 Å². The van der Waals surface area contributed by atoms with Gasteiger partial charge >= 0.3 is 0 Å². The van der Waals surface area contributed by atoms with E-state index in [-0.39, 0.29) is 29.1 Å². The Balaban J connectivity index is 0.00000252. The lowest BCUT2D eigenvalue weighted by molar-refractivity contribution is -0.698. The van der Waals surface area contributed by atoms with E-state index in [1.165, 1.54) is 0 Å². The van der Waals surface area contributed by atoms with E-state index < -0.39 is 0 Å². The first-order chi connectivity index (χ1) is 17.7. The van der Waals surface area contributed by atoms with Gasteiger partial charge in [0.2, 0.25) is 0 Å². The van der Waals surface area contributed by atoms with Gasteiger partial charge < -0.3 is 22.1 Å². The van der Waals surface area contributed by atoms with Crippen LogP contribution in [-0.2, 0) is 6.54 Å². The number of pyridine rings is 2. The molecule has 0 saturated carbocycles. The maximum atomic E-state index is 13.8. The predicted molar refractivity (Wildman–Crippen MR) is 144 cm³/mol. The molecular weight excluding hydrogens is 528 g/mol. The van der Waals surface area contributed by atoms with Gasteiger partial charge in [-0.25, -0.2) is 9.55 Å². The first kappa shape index (κ1) is 23.2. The second-order valence-corrected chi connectivity index (χ2v) is 8.98. The summed E-state index contributed by atoms with van der Waals surface area (Å²) in [6.07, 6.45) is 5.67. The van der Waals surface area contributed by atoms with Gasteiger partial charge in [0.15, 0.2) is 18.9 Å². The molecule has 0 aliphatic heterocycles. The summed E-state index contributed by atoms with van der Waals surface area (Å²) in [6, 6.07) is 25.9. The van der Waals surface area contributed by atoms with Gasteiger partial charge in [0, 0.05) is 45.5 Å². The largest absolute Gasteiger partial charge is 1.00 e. The van der Waals surface area contributed by atoms with Gasteiger partial charge in [-0.15, -0.1) is 0 Å². The summed E-state index contributed by atoms with van der Waals surface area (Å²) >= 11 is 0. The van der Waals surface area contributed by atoms with Gasteiger partial charge in [0.25, 0.3) is 5.56 Å². The Morgan fingerprint density at radius 2 is 1.65 bits per heavy atom. The zero-order chi connectivity index (χ0) is 24.2. The van der Waals surface area contributed by atoms with E-state index in [2.05, 4.69) is 0 Å². The molecular formula is C30H21BrN4O2. The van der Waals surface area contributed by atoms with E-state index in [0.717, 1.165) is 49.2 Å². The molecule has 0 aliphatic carbocycles. The minimum atomic E-state index is -0.0643. The standard InChI is InChI=1S/C30H21N4O2.BrH/c35-15-14-33-12-10-19(11-13-33)18-31-22-16-21-6-1-7-23-27(21)24(17-22)29-32-25-8-2-4-20-5-3-9-26(28(20)25)34(29)30(23)36;/h1-13,16-18,35H,14-15H2;1H/q+1;/p-1/b31-18+;. The Bertz CT molecular complexity index is 2030. The molecule has 0 aliphatic rings. The summed E-state index contributed by atoms with van der Waals surface area (Å²) in [6.45, 7) is 0.657. The number of nitrogens with zero attached hydrogens (tertiary/aromatic N) is 4. The van der Waals surface area contributed by atoms with Gasteiger partial charge in [0.05, 0.1) is 16.7 Å². The number of aliphatic imine (C=N–C) groups is 1. The number of aliphatic hydroxyl groups is 1. The lowest BCUT2D eigenvalue weighted by atomic mass is 10.0. The summed E-state index contributed by atoms with van der Waals surface area (Å²) in [4.78, 5) is 23.5. The Morgan fingerprint density at radius 3 is 2.46 bits per heavy atom. The number of aliphatic hydroxyl groups excluding tert-OH is 1. The molecule has 0 spiro atoms. The Labute approximate surface area is 221 Å². The molecule has 0 bridgehead atoms. The number of hydrogen-bond acceptors (Lipinski definition) is 4. The van der Waals surface area contributed by atoms with Crippen molar-refractivity contribution in [2.75, 3.05) is 6.61 Å². The highest BCUT2D eigenvalue weighted by molar-refractivity contribution is 6.18. The van der Waals surface area contributed by atoms with Crippen molar-refractivity contribution in [3.8, 4) is 0 Å². The van der Waals surface area contributed by atoms with Crippen LogP contribution < -0.4 is 27.1 Å². The summed E-state index contributed by atoms with van der Waals surface area (Å²) in [7, 11) is 0. The number of halogens is 1. The average Bonchev–Trinajstić information content (AvgIpc) is 2.91. The quantitative estimate of drug-likeness (QED) is 0.158. The maximum Gasteiger partial charge on any atom is 0.264 e. The molecule has 4 aromatic carbocycles. The predicted octanol–water partition coefficient (Wildman–Crippen LogP) is 1.78. The van der Waals surface area contributed by atoms with Gasteiger partial charge in [-0.05, 0) is 41.1 Å². The van der Waals surface area contributed by atoms with Crippen molar-refractivity contribution in [3.63, 3.8) is 0 Å². The van der Waals surface area contributed by atoms with Gasteiger partial charge in [-0.2, -0.15) is 0 Å². The van der Waals surface area contributed by atoms with Crippen molar-refractivity contribution >= 4 is 60.9 Å². The van der Waals surface area contributed by atoms with Crippen molar-refractivity contribution in [1.29, 1.82) is 0 Å². The highest BCUT2D eigenvalue weighted by atomic mass is 79.9. The molecule has 3 heterocycles. The van der Waals surface area contributed by atoms with E-state index in [1.54, 1.807) is 4.40 Å². The lowest BCUT2D eigenvalue weighted by Crippen LogP contribution is -3.00. The molecule has 0 atom stereocenters. The highest BCUT2D eigenvalue weighted by Crippen LogP contribution is 2.34. The highest BCUT2D eigenvalue weighted by Gasteiger charge is 2.17. The smallest absolute Gasteiger partial charge is 0.264 e. The minimum absolute atomic E-state index is 0. The zero-order valence-electron chi connectivity index (χ0n) is 19.7. The van der Waals surface area contributed by atoms with Gasteiger partial charge in [-0.1, -0.05) is 36.4 Å². The molecule has 0 amide bonds. The SMILES string of the molecule is O=c1c2cccc3cc(/N=C/c4cc[n+](CCO)cc4)cc(c32)c2nc3cccc4cccc(c43)n12.[Br-]. The molecule has 180 valence electrons. The first-order valence-corrected chi connectivity index (χ1v) is 11.9. The third-order valence-corrected chi connectivity index (χ3v) is 6.81. The van der Waals surface area contributed by atoms with Crippen LogP contribution in [0.25, 0.3) is 49.0 Å². The molecule has 7 aromatic rings. The fourth-order valence-electron chi connectivity index (χ4n) is 5.18. The number of benzene rings is 4. The average molecular weight is 549 g/mol. The molecule has 0 saturated heterocycles. The molecule has 0 unspecified atom stereocenters. The lowest BCUT2D eigenvalue weighted by Gasteiger charge is -2.14. The third-order valence-electron chi connectivity index (χ3n) is 6.81. The molecule has 7 heteroatoms. The first-order valence-electron chi connectivity index (χ1n) is 11.9. The molecule has 6 nitrogen and oxygen atoms in total. The van der Waals surface area contributed by atoms with Crippen LogP contribution >= 0.6 is 0 Å². The topological polar surface area (TPSA) is 70.8 Å². The van der Waals surface area contributed by atoms with Crippen LogP contribution in [0, 0.1) is 0 Å². The Kier molecular flexibility index (Phi) is 5.67. The van der Waals surface area contributed by atoms with Crippen LogP contribution in [0.15, 0.2) is 101 Å². The fourth-order valence-corrected chi connectivity index (χ4v) is 5.18. The van der Waals surface area contributed by atoms with Gasteiger partial charge in [0.1, 0.15) is 12.3 Å².